The van der Waals surface area contributed by atoms with E-state index in [0.29, 0.717) is 0 Å². The summed E-state index contributed by atoms with van der Waals surface area (Å²) in [4.78, 5) is 11.5. The minimum atomic E-state index is -4.49. The van der Waals surface area contributed by atoms with Gasteiger partial charge in [0.25, 0.3) is 10.0 Å². The van der Waals surface area contributed by atoms with E-state index in [1.807, 2.05) is 0 Å². The number of benzene rings is 2. The third-order valence-electron chi connectivity index (χ3n) is 3.25. The minimum absolute atomic E-state index is 0.00442. The van der Waals surface area contributed by atoms with Crippen LogP contribution in [0, 0.1) is 0 Å². The SMILES string of the molecule is CCC(=O)c1cccc(S(=O)(=O)Nc2ccc(C(F)(F)F)cc2)c1. The molecule has 0 bridgehead atoms. The Hall–Kier alpha value is -2.35. The third kappa shape index (κ3) is 4.14. The van der Waals surface area contributed by atoms with Gasteiger partial charge in [-0.05, 0) is 36.4 Å². The summed E-state index contributed by atoms with van der Waals surface area (Å²) in [7, 11) is -4.01. The van der Waals surface area contributed by atoms with Gasteiger partial charge in [0.15, 0.2) is 5.78 Å². The molecule has 0 saturated heterocycles. The topological polar surface area (TPSA) is 63.2 Å². The van der Waals surface area contributed by atoms with Crippen molar-refractivity contribution in [2.45, 2.75) is 24.4 Å². The largest absolute Gasteiger partial charge is 0.416 e. The fourth-order valence-electron chi connectivity index (χ4n) is 1.98. The van der Waals surface area contributed by atoms with Gasteiger partial charge in [-0.1, -0.05) is 19.1 Å². The number of sulfonamides is 1. The molecule has 2 rings (SSSR count). The fourth-order valence-corrected chi connectivity index (χ4v) is 3.09. The molecular formula is C16H14F3NO3S. The highest BCUT2D eigenvalue weighted by Gasteiger charge is 2.30. The lowest BCUT2D eigenvalue weighted by atomic mass is 10.1. The van der Waals surface area contributed by atoms with Gasteiger partial charge in [-0.2, -0.15) is 13.2 Å². The molecule has 0 aliphatic rings. The van der Waals surface area contributed by atoms with Crippen LogP contribution in [0.5, 0.6) is 0 Å². The monoisotopic (exact) mass is 357 g/mol. The lowest BCUT2D eigenvalue weighted by molar-refractivity contribution is -0.137. The fraction of sp³-hybridized carbons (Fsp3) is 0.188. The van der Waals surface area contributed by atoms with Crippen LogP contribution in [-0.4, -0.2) is 14.2 Å². The molecule has 2 aromatic carbocycles. The van der Waals surface area contributed by atoms with Gasteiger partial charge in [-0.25, -0.2) is 8.42 Å². The molecule has 0 fully saturated rings. The molecule has 24 heavy (non-hydrogen) atoms. The van der Waals surface area contributed by atoms with E-state index in [-0.39, 0.29) is 28.4 Å². The smallest absolute Gasteiger partial charge is 0.294 e. The molecule has 0 radical (unpaired) electrons. The predicted octanol–water partition coefficient (Wildman–Crippen LogP) is 4.10. The van der Waals surface area contributed by atoms with Crippen molar-refractivity contribution >= 4 is 21.5 Å². The first-order chi connectivity index (χ1) is 11.1. The van der Waals surface area contributed by atoms with Gasteiger partial charge in [0.1, 0.15) is 0 Å². The van der Waals surface area contributed by atoms with Gasteiger partial charge < -0.3 is 0 Å². The molecule has 0 aliphatic heterocycles. The molecule has 4 nitrogen and oxygen atoms in total. The van der Waals surface area contributed by atoms with Gasteiger partial charge in [-0.15, -0.1) is 0 Å². The molecule has 128 valence electrons. The van der Waals surface area contributed by atoms with Crippen LogP contribution in [0.3, 0.4) is 0 Å². The molecule has 0 aromatic heterocycles. The number of halogens is 3. The second kappa shape index (κ2) is 6.64. The summed E-state index contributed by atoms with van der Waals surface area (Å²) in [5, 5.41) is 0. The maximum atomic E-state index is 12.5. The van der Waals surface area contributed by atoms with Crippen molar-refractivity contribution in [2.24, 2.45) is 0 Å². The number of rotatable bonds is 5. The quantitative estimate of drug-likeness (QED) is 0.820. The van der Waals surface area contributed by atoms with Crippen molar-refractivity contribution in [3.8, 4) is 0 Å². The summed E-state index contributed by atoms with van der Waals surface area (Å²) in [5.74, 6) is -0.207. The normalized spacial score (nSPS) is 12.0. The molecule has 0 spiro atoms. The van der Waals surface area contributed by atoms with Crippen molar-refractivity contribution in [2.75, 3.05) is 4.72 Å². The van der Waals surface area contributed by atoms with Crippen LogP contribution in [-0.2, 0) is 16.2 Å². The van der Waals surface area contributed by atoms with Crippen LogP contribution < -0.4 is 4.72 Å². The van der Waals surface area contributed by atoms with Crippen molar-refractivity contribution < 1.29 is 26.4 Å². The van der Waals surface area contributed by atoms with Gasteiger partial charge in [-0.3, -0.25) is 9.52 Å². The van der Waals surface area contributed by atoms with E-state index < -0.39 is 21.8 Å². The lowest BCUT2D eigenvalue weighted by Crippen LogP contribution is -2.14. The molecule has 8 heteroatoms. The Bertz CT molecular complexity index is 844. The molecule has 1 N–H and O–H groups in total. The highest BCUT2D eigenvalue weighted by atomic mass is 32.2. The molecule has 0 aliphatic carbocycles. The molecular weight excluding hydrogens is 343 g/mol. The maximum absolute atomic E-state index is 12.5. The van der Waals surface area contributed by atoms with Crippen molar-refractivity contribution in [3.05, 3.63) is 59.7 Å². The molecule has 0 unspecified atom stereocenters. The van der Waals surface area contributed by atoms with E-state index in [0.717, 1.165) is 24.3 Å². The minimum Gasteiger partial charge on any atom is -0.294 e. The van der Waals surface area contributed by atoms with Crippen LogP contribution >= 0.6 is 0 Å². The van der Waals surface area contributed by atoms with Gasteiger partial charge in [0, 0.05) is 17.7 Å². The first kappa shape index (κ1) is 18.0. The summed E-state index contributed by atoms with van der Waals surface area (Å²) in [6.45, 7) is 1.66. The zero-order valence-corrected chi connectivity index (χ0v) is 13.4. The number of anilines is 1. The maximum Gasteiger partial charge on any atom is 0.416 e. The Balaban J connectivity index is 2.27. The van der Waals surface area contributed by atoms with Crippen molar-refractivity contribution in [1.82, 2.24) is 0 Å². The van der Waals surface area contributed by atoms with Gasteiger partial charge in [0.2, 0.25) is 0 Å². The second-order valence-corrected chi connectivity index (χ2v) is 6.67. The summed E-state index contributed by atoms with van der Waals surface area (Å²) in [5.41, 5.74) is -0.621. The average molecular weight is 357 g/mol. The lowest BCUT2D eigenvalue weighted by Gasteiger charge is -2.11. The molecule has 0 amide bonds. The van der Waals surface area contributed by atoms with E-state index in [9.17, 15) is 26.4 Å². The zero-order valence-electron chi connectivity index (χ0n) is 12.6. The predicted molar refractivity (Wildman–Crippen MR) is 83.3 cm³/mol. The number of ketones is 1. The first-order valence-corrected chi connectivity index (χ1v) is 8.45. The Morgan fingerprint density at radius 2 is 1.71 bits per heavy atom. The number of hydrogen-bond donors (Lipinski definition) is 1. The highest BCUT2D eigenvalue weighted by Crippen LogP contribution is 2.30. The van der Waals surface area contributed by atoms with E-state index in [1.54, 1.807) is 6.92 Å². The van der Waals surface area contributed by atoms with Crippen LogP contribution in [0.1, 0.15) is 29.3 Å². The Morgan fingerprint density at radius 3 is 2.25 bits per heavy atom. The number of hydrogen-bond acceptors (Lipinski definition) is 3. The molecule has 0 atom stereocenters. The van der Waals surface area contributed by atoms with Gasteiger partial charge in [0.05, 0.1) is 10.5 Å². The standard InChI is InChI=1S/C16H14F3NO3S/c1-2-15(21)11-4-3-5-14(10-11)24(22,23)20-13-8-6-12(7-9-13)16(17,18)19/h3-10,20H,2H2,1H3. The Morgan fingerprint density at radius 1 is 1.08 bits per heavy atom. The summed E-state index contributed by atoms with van der Waals surface area (Å²) in [6, 6.07) is 9.11. The Labute approximate surface area is 137 Å². The van der Waals surface area contributed by atoms with E-state index >= 15 is 0 Å². The molecule has 0 saturated carbocycles. The van der Waals surface area contributed by atoms with Crippen LogP contribution in [0.15, 0.2) is 53.4 Å². The summed E-state index contributed by atoms with van der Waals surface area (Å²) >= 11 is 0. The number of carbonyl (C=O) groups is 1. The second-order valence-electron chi connectivity index (χ2n) is 4.99. The van der Waals surface area contributed by atoms with E-state index in [2.05, 4.69) is 4.72 Å². The number of alkyl halides is 3. The van der Waals surface area contributed by atoms with E-state index in [4.69, 9.17) is 0 Å². The first-order valence-electron chi connectivity index (χ1n) is 6.97. The number of carbonyl (C=O) groups excluding carboxylic acids is 1. The van der Waals surface area contributed by atoms with Crippen LogP contribution in [0.2, 0.25) is 0 Å². The average Bonchev–Trinajstić information content (AvgIpc) is 2.53. The van der Waals surface area contributed by atoms with E-state index in [1.165, 1.54) is 24.3 Å². The Kier molecular flexibility index (Phi) is 4.98. The molecule has 0 heterocycles. The number of nitrogens with one attached hydrogen (secondary N) is 1. The third-order valence-corrected chi connectivity index (χ3v) is 4.63. The number of Topliss-reactive ketones (excluding diaryl/α,β-unsaturated/α-hetero) is 1. The summed E-state index contributed by atoms with van der Waals surface area (Å²) < 4.78 is 64.3. The van der Waals surface area contributed by atoms with Crippen molar-refractivity contribution in [3.63, 3.8) is 0 Å². The van der Waals surface area contributed by atoms with Crippen LogP contribution in [0.25, 0.3) is 0 Å². The zero-order chi connectivity index (χ0) is 18.0. The van der Waals surface area contributed by atoms with Crippen LogP contribution in [0.4, 0.5) is 18.9 Å². The highest BCUT2D eigenvalue weighted by molar-refractivity contribution is 7.92. The van der Waals surface area contributed by atoms with Crippen molar-refractivity contribution in [1.29, 1.82) is 0 Å². The molecule has 2 aromatic rings. The summed E-state index contributed by atoms with van der Waals surface area (Å²) in [6.07, 6.45) is -4.26. The van der Waals surface area contributed by atoms with Gasteiger partial charge >= 0.3 is 6.18 Å².